The molecule has 35 heavy (non-hydrogen) atoms. The number of nitrogens with zero attached hydrogens (tertiary/aromatic N) is 1. The highest BCUT2D eigenvalue weighted by Gasteiger charge is 2.36. The van der Waals surface area contributed by atoms with Gasteiger partial charge in [0.1, 0.15) is 11.5 Å². The van der Waals surface area contributed by atoms with Crippen molar-refractivity contribution in [3.63, 3.8) is 0 Å². The number of aryl methyl sites for hydroxylation is 2. The fourth-order valence-corrected chi connectivity index (χ4v) is 5.09. The summed E-state index contributed by atoms with van der Waals surface area (Å²) >= 11 is 1.30. The Kier molecular flexibility index (Phi) is 8.02. The number of rotatable bonds is 8. The molecule has 4 rings (SSSR count). The van der Waals surface area contributed by atoms with Gasteiger partial charge in [-0.05, 0) is 68.0 Å². The third kappa shape index (κ3) is 6.19. The highest BCUT2D eigenvalue weighted by atomic mass is 32.1. The summed E-state index contributed by atoms with van der Waals surface area (Å²) in [6.45, 7) is 3.48. The van der Waals surface area contributed by atoms with Gasteiger partial charge in [0.15, 0.2) is 6.04 Å². The average Bonchev–Trinajstić information content (AvgIpc) is 3.53. The minimum absolute atomic E-state index is 0.0720. The van der Waals surface area contributed by atoms with Gasteiger partial charge in [0, 0.05) is 11.7 Å². The van der Waals surface area contributed by atoms with E-state index in [2.05, 4.69) is 10.6 Å². The average molecular weight is 494 g/mol. The normalized spacial score (nSPS) is 14.8. The molecule has 1 unspecified atom stereocenters. The first-order valence-corrected chi connectivity index (χ1v) is 12.9. The highest BCUT2D eigenvalue weighted by molar-refractivity contribution is 7.12. The van der Waals surface area contributed by atoms with Gasteiger partial charge in [-0.25, -0.2) is 0 Å². The molecule has 1 aliphatic carbocycles. The van der Waals surface area contributed by atoms with E-state index >= 15 is 0 Å². The molecule has 1 saturated carbocycles. The van der Waals surface area contributed by atoms with Gasteiger partial charge in [0.2, 0.25) is 5.91 Å². The van der Waals surface area contributed by atoms with Crippen LogP contribution in [-0.2, 0) is 9.59 Å². The van der Waals surface area contributed by atoms with E-state index < -0.39 is 11.9 Å². The number of nitrogens with one attached hydrogen (secondary N) is 2. The van der Waals surface area contributed by atoms with Crippen LogP contribution in [0.25, 0.3) is 0 Å². The van der Waals surface area contributed by atoms with E-state index in [1.54, 1.807) is 42.6 Å². The van der Waals surface area contributed by atoms with E-state index in [4.69, 9.17) is 4.42 Å². The van der Waals surface area contributed by atoms with Crippen molar-refractivity contribution in [2.75, 3.05) is 11.4 Å². The van der Waals surface area contributed by atoms with Gasteiger partial charge < -0.3 is 15.1 Å². The van der Waals surface area contributed by atoms with Gasteiger partial charge >= 0.3 is 0 Å². The van der Waals surface area contributed by atoms with E-state index in [-0.39, 0.29) is 24.4 Å². The van der Waals surface area contributed by atoms with Crippen molar-refractivity contribution < 1.29 is 18.8 Å². The molecule has 0 aliphatic heterocycles. The molecular weight excluding hydrogens is 462 g/mol. The molecule has 2 aromatic heterocycles. The van der Waals surface area contributed by atoms with E-state index in [9.17, 15) is 14.4 Å². The maximum Gasteiger partial charge on any atom is 0.261 e. The minimum atomic E-state index is -1.00. The lowest BCUT2D eigenvalue weighted by Gasteiger charge is -2.32. The minimum Gasteiger partial charge on any atom is -0.464 e. The Morgan fingerprint density at radius 2 is 1.86 bits per heavy atom. The van der Waals surface area contributed by atoms with Gasteiger partial charge in [-0.3, -0.25) is 19.3 Å². The molecule has 1 aliphatic rings. The molecule has 2 heterocycles. The molecule has 7 nitrogen and oxygen atoms in total. The summed E-state index contributed by atoms with van der Waals surface area (Å²) in [6, 6.07) is 13.5. The molecule has 184 valence electrons. The monoisotopic (exact) mass is 493 g/mol. The first-order valence-electron chi connectivity index (χ1n) is 12.0. The predicted octanol–water partition coefficient (Wildman–Crippen LogP) is 4.91. The maximum absolute atomic E-state index is 13.7. The lowest BCUT2D eigenvalue weighted by atomic mass is 9.95. The summed E-state index contributed by atoms with van der Waals surface area (Å²) in [5.41, 5.74) is 1.52. The second kappa shape index (κ2) is 11.4. The Bertz CT molecular complexity index is 1160. The zero-order chi connectivity index (χ0) is 24.8. The molecule has 8 heteroatoms. The van der Waals surface area contributed by atoms with Crippen LogP contribution in [0.3, 0.4) is 0 Å². The largest absolute Gasteiger partial charge is 0.464 e. The SMILES string of the molecule is Cc1cccc(N(C(=O)CNC(=O)c2cccs2)C(C(=O)NC2CCCCC2)c2ccc(C)o2)c1. The van der Waals surface area contributed by atoms with Gasteiger partial charge in [-0.1, -0.05) is 37.5 Å². The van der Waals surface area contributed by atoms with Crippen LogP contribution >= 0.6 is 11.3 Å². The summed E-state index contributed by atoms with van der Waals surface area (Å²) in [7, 11) is 0. The summed E-state index contributed by atoms with van der Waals surface area (Å²) in [5, 5.41) is 7.66. The Morgan fingerprint density at radius 3 is 2.51 bits per heavy atom. The molecule has 3 amide bonds. The molecule has 0 saturated heterocycles. The van der Waals surface area contributed by atoms with Crippen LogP contribution in [0.5, 0.6) is 0 Å². The smallest absolute Gasteiger partial charge is 0.261 e. The lowest BCUT2D eigenvalue weighted by molar-refractivity contribution is -0.127. The van der Waals surface area contributed by atoms with Gasteiger partial charge in [-0.2, -0.15) is 0 Å². The van der Waals surface area contributed by atoms with Crippen molar-refractivity contribution in [1.82, 2.24) is 10.6 Å². The van der Waals surface area contributed by atoms with Crippen LogP contribution in [0.2, 0.25) is 0 Å². The number of thiophene rings is 1. The lowest BCUT2D eigenvalue weighted by Crippen LogP contribution is -2.49. The summed E-state index contributed by atoms with van der Waals surface area (Å²) in [4.78, 5) is 41.8. The number of hydrogen-bond acceptors (Lipinski definition) is 5. The molecule has 1 fully saturated rings. The van der Waals surface area contributed by atoms with Gasteiger partial charge in [-0.15, -0.1) is 11.3 Å². The van der Waals surface area contributed by atoms with Crippen LogP contribution in [0.15, 0.2) is 58.3 Å². The zero-order valence-electron chi connectivity index (χ0n) is 20.1. The summed E-state index contributed by atoms with van der Waals surface area (Å²) < 4.78 is 5.88. The van der Waals surface area contributed by atoms with Gasteiger partial charge in [0.25, 0.3) is 11.8 Å². The Hall–Kier alpha value is -3.39. The van der Waals surface area contributed by atoms with E-state index in [0.29, 0.717) is 22.1 Å². The molecule has 3 aromatic rings. The number of furan rings is 1. The second-order valence-corrected chi connectivity index (χ2v) is 9.90. The van der Waals surface area contributed by atoms with E-state index in [1.807, 2.05) is 25.1 Å². The third-order valence-corrected chi connectivity index (χ3v) is 7.05. The van der Waals surface area contributed by atoms with Crippen molar-refractivity contribution >= 4 is 34.7 Å². The first kappa shape index (κ1) is 24.7. The Morgan fingerprint density at radius 1 is 1.06 bits per heavy atom. The van der Waals surface area contributed by atoms with Crippen molar-refractivity contribution in [3.8, 4) is 0 Å². The van der Waals surface area contributed by atoms with E-state index in [1.165, 1.54) is 22.7 Å². The topological polar surface area (TPSA) is 91.7 Å². The van der Waals surface area contributed by atoms with Crippen molar-refractivity contribution in [1.29, 1.82) is 0 Å². The van der Waals surface area contributed by atoms with E-state index in [0.717, 1.165) is 31.2 Å². The Labute approximate surface area is 209 Å². The maximum atomic E-state index is 13.7. The fraction of sp³-hybridized carbons (Fsp3) is 0.370. The fourth-order valence-electron chi connectivity index (χ4n) is 4.45. The molecular formula is C27H31N3O4S. The second-order valence-electron chi connectivity index (χ2n) is 8.96. The van der Waals surface area contributed by atoms with Crippen LogP contribution in [0.1, 0.15) is 64.9 Å². The number of anilines is 1. The number of hydrogen-bond donors (Lipinski definition) is 2. The highest BCUT2D eigenvalue weighted by Crippen LogP contribution is 2.30. The third-order valence-electron chi connectivity index (χ3n) is 6.18. The Balaban J connectivity index is 1.65. The first-order chi connectivity index (χ1) is 16.9. The van der Waals surface area contributed by atoms with Crippen LogP contribution in [-0.4, -0.2) is 30.3 Å². The summed E-state index contributed by atoms with van der Waals surface area (Å²) in [5.74, 6) is 0.0204. The van der Waals surface area contributed by atoms with Crippen LogP contribution < -0.4 is 15.5 Å². The van der Waals surface area contributed by atoms with Crippen LogP contribution in [0.4, 0.5) is 5.69 Å². The predicted molar refractivity (Wildman–Crippen MR) is 137 cm³/mol. The number of carbonyl (C=O) groups excluding carboxylic acids is 3. The van der Waals surface area contributed by atoms with Crippen LogP contribution in [0, 0.1) is 13.8 Å². The standard InChI is InChI=1S/C27H31N3O4S/c1-18-8-6-11-21(16-18)30(24(31)17-28-26(32)23-12-7-15-35-23)25(22-14-13-19(2)34-22)27(33)29-20-9-4-3-5-10-20/h6-8,11-16,20,25H,3-5,9-10,17H2,1-2H3,(H,28,32)(H,29,33). The van der Waals surface area contributed by atoms with Crippen molar-refractivity contribution in [2.45, 2.75) is 58.0 Å². The van der Waals surface area contributed by atoms with Crippen molar-refractivity contribution in [3.05, 3.63) is 75.9 Å². The molecule has 1 aromatic carbocycles. The van der Waals surface area contributed by atoms with Gasteiger partial charge in [0.05, 0.1) is 11.4 Å². The zero-order valence-corrected chi connectivity index (χ0v) is 20.9. The molecule has 0 bridgehead atoms. The summed E-state index contributed by atoms with van der Waals surface area (Å²) in [6.07, 6.45) is 5.16. The molecule has 1 atom stereocenters. The van der Waals surface area contributed by atoms with Crippen molar-refractivity contribution in [2.24, 2.45) is 0 Å². The molecule has 2 N–H and O–H groups in total. The quantitative estimate of drug-likeness (QED) is 0.466. The number of carbonyl (C=O) groups is 3. The molecule has 0 spiro atoms. The molecule has 0 radical (unpaired) electrons. The number of benzene rings is 1. The number of amides is 3.